The molecular formula is C9H16S4. The molecule has 2 heterocycles. The molecule has 2 rings (SSSR count). The summed E-state index contributed by atoms with van der Waals surface area (Å²) in [4.78, 5) is 0. The Morgan fingerprint density at radius 3 is 2.62 bits per heavy atom. The first-order chi connectivity index (χ1) is 6.38. The van der Waals surface area contributed by atoms with Crippen molar-refractivity contribution >= 4 is 43.2 Å². The average Bonchev–Trinajstić information content (AvgIpc) is 2.43. The van der Waals surface area contributed by atoms with Crippen LogP contribution in [0.2, 0.25) is 0 Å². The van der Waals surface area contributed by atoms with Gasteiger partial charge in [-0.3, -0.25) is 0 Å². The van der Waals surface area contributed by atoms with Crippen LogP contribution in [-0.2, 0) is 0 Å². The summed E-state index contributed by atoms with van der Waals surface area (Å²) in [6.07, 6.45) is 1.46. The summed E-state index contributed by atoms with van der Waals surface area (Å²) in [5.41, 5.74) is 0. The van der Waals surface area contributed by atoms with Gasteiger partial charge in [-0.15, -0.1) is 0 Å². The van der Waals surface area contributed by atoms with E-state index in [4.69, 9.17) is 0 Å². The molecule has 4 heteroatoms. The topological polar surface area (TPSA) is 0 Å². The van der Waals surface area contributed by atoms with Crippen molar-refractivity contribution in [1.29, 1.82) is 0 Å². The van der Waals surface area contributed by atoms with Crippen LogP contribution < -0.4 is 0 Å². The van der Waals surface area contributed by atoms with Crippen LogP contribution in [0.4, 0.5) is 0 Å². The first-order valence-electron chi connectivity index (χ1n) is 4.87. The lowest BCUT2D eigenvalue weighted by atomic mass is 9.84. The third kappa shape index (κ3) is 2.93. The van der Waals surface area contributed by atoms with Gasteiger partial charge < -0.3 is 0 Å². The SMILES string of the molecule is CC1CSSCC2CCSSCC12. The van der Waals surface area contributed by atoms with Gasteiger partial charge in [0.2, 0.25) is 0 Å². The molecule has 13 heavy (non-hydrogen) atoms. The number of hydrogen-bond donors (Lipinski definition) is 0. The predicted molar refractivity (Wildman–Crippen MR) is 70.6 cm³/mol. The summed E-state index contributed by atoms with van der Waals surface area (Å²) in [6.45, 7) is 2.45. The second-order valence-electron chi connectivity index (χ2n) is 3.87. The fraction of sp³-hybridized carbons (Fsp3) is 1.00. The highest BCUT2D eigenvalue weighted by Crippen LogP contribution is 2.44. The molecule has 3 unspecified atom stereocenters. The maximum Gasteiger partial charge on any atom is 0.00711 e. The summed E-state index contributed by atoms with van der Waals surface area (Å²) in [5.74, 6) is 8.51. The van der Waals surface area contributed by atoms with E-state index >= 15 is 0 Å². The monoisotopic (exact) mass is 252 g/mol. The minimum absolute atomic E-state index is 0.941. The van der Waals surface area contributed by atoms with Gasteiger partial charge in [0.15, 0.2) is 0 Å². The predicted octanol–water partition coefficient (Wildman–Crippen LogP) is 4.04. The molecule has 0 nitrogen and oxygen atoms in total. The Kier molecular flexibility index (Phi) is 4.59. The van der Waals surface area contributed by atoms with E-state index in [-0.39, 0.29) is 0 Å². The molecule has 0 aromatic carbocycles. The molecule has 2 aliphatic rings. The van der Waals surface area contributed by atoms with Crippen LogP contribution in [-0.4, -0.2) is 23.0 Å². The number of hydrogen-bond acceptors (Lipinski definition) is 4. The number of fused-ring (bicyclic) bond motifs is 1. The van der Waals surface area contributed by atoms with Crippen molar-refractivity contribution in [1.82, 2.24) is 0 Å². The Balaban J connectivity index is 2.03. The van der Waals surface area contributed by atoms with Crippen molar-refractivity contribution in [2.75, 3.05) is 23.0 Å². The molecular weight excluding hydrogens is 236 g/mol. The molecule has 0 amide bonds. The third-order valence-electron chi connectivity index (χ3n) is 2.95. The van der Waals surface area contributed by atoms with E-state index in [0.717, 1.165) is 17.8 Å². The smallest absolute Gasteiger partial charge is 0.00711 e. The quantitative estimate of drug-likeness (QED) is 0.597. The fourth-order valence-corrected chi connectivity index (χ4v) is 7.75. The van der Waals surface area contributed by atoms with E-state index < -0.39 is 0 Å². The van der Waals surface area contributed by atoms with Gasteiger partial charge in [0, 0.05) is 23.0 Å². The third-order valence-corrected chi connectivity index (χ3v) is 8.16. The summed E-state index contributed by atoms with van der Waals surface area (Å²) in [6, 6.07) is 0. The van der Waals surface area contributed by atoms with E-state index in [1.807, 2.05) is 0 Å². The van der Waals surface area contributed by atoms with E-state index in [9.17, 15) is 0 Å². The zero-order chi connectivity index (χ0) is 9.10. The van der Waals surface area contributed by atoms with Gasteiger partial charge in [-0.2, -0.15) is 0 Å². The van der Waals surface area contributed by atoms with Gasteiger partial charge in [0.05, 0.1) is 0 Å². The van der Waals surface area contributed by atoms with E-state index in [2.05, 4.69) is 50.1 Å². The normalized spacial score (nSPS) is 41.8. The summed E-state index contributed by atoms with van der Waals surface area (Å²) in [7, 11) is 8.41. The maximum absolute atomic E-state index is 2.45. The lowest BCUT2D eigenvalue weighted by Crippen LogP contribution is -2.24. The van der Waals surface area contributed by atoms with Gasteiger partial charge >= 0.3 is 0 Å². The Labute approximate surface area is 96.9 Å². The van der Waals surface area contributed by atoms with Crippen LogP contribution in [0.1, 0.15) is 13.3 Å². The fourth-order valence-electron chi connectivity index (χ4n) is 1.99. The highest BCUT2D eigenvalue weighted by atomic mass is 33.1. The van der Waals surface area contributed by atoms with Gasteiger partial charge in [-0.25, -0.2) is 0 Å². The van der Waals surface area contributed by atoms with Crippen molar-refractivity contribution in [3.8, 4) is 0 Å². The Morgan fingerprint density at radius 1 is 0.923 bits per heavy atom. The van der Waals surface area contributed by atoms with E-state index in [1.54, 1.807) is 0 Å². The van der Waals surface area contributed by atoms with Gasteiger partial charge in [-0.05, 0) is 24.2 Å². The highest BCUT2D eigenvalue weighted by Gasteiger charge is 2.30. The second-order valence-corrected chi connectivity index (χ2v) is 9.04. The first kappa shape index (κ1) is 10.9. The molecule has 2 aliphatic heterocycles. The molecule has 0 aromatic rings. The van der Waals surface area contributed by atoms with Crippen LogP contribution in [0.25, 0.3) is 0 Å². The Hall–Kier alpha value is 1.40. The Morgan fingerprint density at radius 2 is 1.69 bits per heavy atom. The molecule has 2 saturated heterocycles. The Bertz CT molecular complexity index is 160. The van der Waals surface area contributed by atoms with Crippen molar-refractivity contribution < 1.29 is 0 Å². The molecule has 0 spiro atoms. The van der Waals surface area contributed by atoms with E-state index in [0.29, 0.717) is 0 Å². The van der Waals surface area contributed by atoms with Crippen molar-refractivity contribution in [3.05, 3.63) is 0 Å². The van der Waals surface area contributed by atoms with Crippen molar-refractivity contribution in [3.63, 3.8) is 0 Å². The zero-order valence-electron chi connectivity index (χ0n) is 7.90. The summed E-state index contributed by atoms with van der Waals surface area (Å²) >= 11 is 0. The number of rotatable bonds is 0. The lowest BCUT2D eigenvalue weighted by Gasteiger charge is -2.25. The molecule has 2 fully saturated rings. The van der Waals surface area contributed by atoms with Crippen LogP contribution in [0.5, 0.6) is 0 Å². The van der Waals surface area contributed by atoms with Crippen LogP contribution in [0.15, 0.2) is 0 Å². The summed E-state index contributed by atoms with van der Waals surface area (Å²) < 4.78 is 0. The average molecular weight is 252 g/mol. The zero-order valence-corrected chi connectivity index (χ0v) is 11.2. The molecule has 0 saturated carbocycles. The maximum atomic E-state index is 2.45. The molecule has 0 radical (unpaired) electrons. The van der Waals surface area contributed by atoms with Gasteiger partial charge in [-0.1, -0.05) is 50.1 Å². The van der Waals surface area contributed by atoms with Crippen LogP contribution in [0.3, 0.4) is 0 Å². The minimum atomic E-state index is 0.941. The molecule has 0 aliphatic carbocycles. The van der Waals surface area contributed by atoms with Crippen LogP contribution in [0, 0.1) is 17.8 Å². The molecule has 76 valence electrons. The van der Waals surface area contributed by atoms with Gasteiger partial charge in [0.1, 0.15) is 0 Å². The summed E-state index contributed by atoms with van der Waals surface area (Å²) in [5, 5.41) is 0. The van der Waals surface area contributed by atoms with Crippen molar-refractivity contribution in [2.45, 2.75) is 13.3 Å². The minimum Gasteiger partial charge on any atom is -0.0941 e. The molecule has 0 bridgehead atoms. The second kappa shape index (κ2) is 5.47. The van der Waals surface area contributed by atoms with Gasteiger partial charge in [0.25, 0.3) is 0 Å². The molecule has 0 N–H and O–H groups in total. The van der Waals surface area contributed by atoms with Crippen molar-refractivity contribution in [2.24, 2.45) is 17.8 Å². The highest BCUT2D eigenvalue weighted by molar-refractivity contribution is 8.77. The standard InChI is InChI=1S/C9H16S4/c1-7-4-11-12-5-8-2-3-10-13-6-9(7)8/h7-9H,2-6H2,1H3. The van der Waals surface area contributed by atoms with Crippen LogP contribution >= 0.6 is 43.2 Å². The lowest BCUT2D eigenvalue weighted by molar-refractivity contribution is 0.309. The largest absolute Gasteiger partial charge is 0.0941 e. The van der Waals surface area contributed by atoms with E-state index in [1.165, 1.54) is 29.4 Å². The molecule has 3 atom stereocenters. The first-order valence-corrected chi connectivity index (χ1v) is 9.84. The molecule has 0 aromatic heterocycles.